The van der Waals surface area contributed by atoms with E-state index in [1.54, 1.807) is 0 Å². The molecule has 1 aromatic rings. The van der Waals surface area contributed by atoms with Crippen molar-refractivity contribution in [2.45, 2.75) is 39.0 Å². The highest BCUT2D eigenvalue weighted by atomic mass is 16.4. The maximum absolute atomic E-state index is 5.72. The predicted octanol–water partition coefficient (Wildman–Crippen LogP) is 2.34. The fourth-order valence-electron chi connectivity index (χ4n) is 2.02. The summed E-state index contributed by atoms with van der Waals surface area (Å²) in [5.41, 5.74) is 0. The summed E-state index contributed by atoms with van der Waals surface area (Å²) in [7, 11) is 0. The summed E-state index contributed by atoms with van der Waals surface area (Å²) >= 11 is 0. The highest BCUT2D eigenvalue weighted by molar-refractivity contribution is 4.99. The van der Waals surface area contributed by atoms with Gasteiger partial charge in [-0.25, -0.2) is 4.98 Å². The van der Waals surface area contributed by atoms with Crippen molar-refractivity contribution in [2.75, 3.05) is 13.1 Å². The van der Waals surface area contributed by atoms with Crippen molar-refractivity contribution >= 4 is 0 Å². The first-order chi connectivity index (χ1) is 7.25. The zero-order valence-electron chi connectivity index (χ0n) is 9.62. The summed E-state index contributed by atoms with van der Waals surface area (Å²) in [6, 6.07) is 0. The molecule has 1 aromatic heterocycles. The minimum atomic E-state index is 0.444. The Bertz CT molecular complexity index is 300. The lowest BCUT2D eigenvalue weighted by Gasteiger charge is -2.20. The quantitative estimate of drug-likeness (QED) is 0.828. The summed E-state index contributed by atoms with van der Waals surface area (Å²) in [5, 5.41) is 3.37. The van der Waals surface area contributed by atoms with Crippen LogP contribution < -0.4 is 5.32 Å². The fraction of sp³-hybridized carbons (Fsp3) is 0.750. The van der Waals surface area contributed by atoms with Gasteiger partial charge in [0.05, 0.1) is 6.20 Å². The van der Waals surface area contributed by atoms with Crippen molar-refractivity contribution < 1.29 is 4.42 Å². The minimum Gasteiger partial charge on any atom is -0.445 e. The van der Waals surface area contributed by atoms with Gasteiger partial charge in [0.2, 0.25) is 0 Å². The molecule has 0 atom stereocenters. The van der Waals surface area contributed by atoms with E-state index in [4.69, 9.17) is 4.42 Å². The van der Waals surface area contributed by atoms with E-state index in [0.29, 0.717) is 5.92 Å². The van der Waals surface area contributed by atoms with Gasteiger partial charge in [0.25, 0.3) is 0 Å². The van der Waals surface area contributed by atoms with E-state index in [1.807, 2.05) is 6.20 Å². The van der Waals surface area contributed by atoms with E-state index < -0.39 is 0 Å². The smallest absolute Gasteiger partial charge is 0.194 e. The van der Waals surface area contributed by atoms with E-state index in [9.17, 15) is 0 Å². The Morgan fingerprint density at radius 2 is 2.20 bits per heavy atom. The molecule has 1 aliphatic heterocycles. The Balaban J connectivity index is 1.91. The van der Waals surface area contributed by atoms with Crippen molar-refractivity contribution in [2.24, 2.45) is 5.92 Å². The van der Waals surface area contributed by atoms with Gasteiger partial charge in [0.1, 0.15) is 5.76 Å². The molecular formula is C12H20N2O. The number of hydrogen-bond donors (Lipinski definition) is 1. The molecule has 0 aromatic carbocycles. The summed E-state index contributed by atoms with van der Waals surface area (Å²) in [6.45, 7) is 6.55. The third-order valence-electron chi connectivity index (χ3n) is 3.06. The molecule has 3 nitrogen and oxygen atoms in total. The van der Waals surface area contributed by atoms with E-state index >= 15 is 0 Å². The van der Waals surface area contributed by atoms with Gasteiger partial charge in [0, 0.05) is 12.3 Å². The Morgan fingerprint density at radius 3 is 2.80 bits per heavy atom. The highest BCUT2D eigenvalue weighted by Gasteiger charge is 2.16. The van der Waals surface area contributed by atoms with E-state index in [2.05, 4.69) is 24.1 Å². The molecule has 0 aliphatic carbocycles. The molecule has 0 spiro atoms. The van der Waals surface area contributed by atoms with Crippen LogP contribution in [0.15, 0.2) is 10.6 Å². The second-order valence-corrected chi connectivity index (χ2v) is 4.71. The molecule has 1 aliphatic rings. The van der Waals surface area contributed by atoms with Gasteiger partial charge in [-0.2, -0.15) is 0 Å². The van der Waals surface area contributed by atoms with E-state index in [0.717, 1.165) is 37.1 Å². The largest absolute Gasteiger partial charge is 0.445 e. The van der Waals surface area contributed by atoms with E-state index in [-0.39, 0.29) is 0 Å². The normalized spacial score (nSPS) is 18.6. The number of nitrogens with zero attached hydrogens (tertiary/aromatic N) is 1. The molecular weight excluding hydrogens is 188 g/mol. The zero-order chi connectivity index (χ0) is 10.7. The molecule has 0 bridgehead atoms. The Labute approximate surface area is 91.3 Å². The lowest BCUT2D eigenvalue weighted by atomic mass is 9.95. The van der Waals surface area contributed by atoms with Gasteiger partial charge in [-0.15, -0.1) is 0 Å². The van der Waals surface area contributed by atoms with Crippen molar-refractivity contribution in [3.63, 3.8) is 0 Å². The molecule has 1 N–H and O–H groups in total. The van der Waals surface area contributed by atoms with Crippen LogP contribution in [0.3, 0.4) is 0 Å². The van der Waals surface area contributed by atoms with Gasteiger partial charge in [-0.05, 0) is 31.8 Å². The number of rotatable bonds is 3. The average Bonchev–Trinajstić information content (AvgIpc) is 2.68. The maximum Gasteiger partial charge on any atom is 0.194 e. The van der Waals surface area contributed by atoms with Crippen molar-refractivity contribution in [1.29, 1.82) is 0 Å². The Hall–Kier alpha value is -0.830. The molecule has 2 heterocycles. The first-order valence-electron chi connectivity index (χ1n) is 5.91. The van der Waals surface area contributed by atoms with E-state index in [1.165, 1.54) is 12.8 Å². The van der Waals surface area contributed by atoms with Crippen molar-refractivity contribution in [3.05, 3.63) is 17.8 Å². The van der Waals surface area contributed by atoms with Crippen LogP contribution >= 0.6 is 0 Å². The average molecular weight is 208 g/mol. The maximum atomic E-state index is 5.72. The van der Waals surface area contributed by atoms with Crippen LogP contribution in [0.25, 0.3) is 0 Å². The molecule has 0 unspecified atom stereocenters. The lowest BCUT2D eigenvalue weighted by Crippen LogP contribution is -2.28. The van der Waals surface area contributed by atoms with Crippen LogP contribution in [0.2, 0.25) is 0 Å². The highest BCUT2D eigenvalue weighted by Crippen LogP contribution is 2.20. The molecule has 84 valence electrons. The van der Waals surface area contributed by atoms with Crippen molar-refractivity contribution in [1.82, 2.24) is 10.3 Å². The molecule has 15 heavy (non-hydrogen) atoms. The van der Waals surface area contributed by atoms with Crippen molar-refractivity contribution in [3.8, 4) is 0 Å². The minimum absolute atomic E-state index is 0.444. The second kappa shape index (κ2) is 4.79. The molecule has 0 radical (unpaired) electrons. The first-order valence-corrected chi connectivity index (χ1v) is 5.91. The van der Waals surface area contributed by atoms with Crippen LogP contribution in [-0.2, 0) is 6.42 Å². The third-order valence-corrected chi connectivity index (χ3v) is 3.06. The van der Waals surface area contributed by atoms with Gasteiger partial charge in [-0.1, -0.05) is 13.8 Å². The summed E-state index contributed by atoms with van der Waals surface area (Å²) in [4.78, 5) is 4.34. The molecule has 2 rings (SSSR count). The summed E-state index contributed by atoms with van der Waals surface area (Å²) < 4.78 is 5.72. The molecule has 0 amide bonds. The van der Waals surface area contributed by atoms with Gasteiger partial charge in [-0.3, -0.25) is 0 Å². The van der Waals surface area contributed by atoms with Gasteiger partial charge in [0.15, 0.2) is 5.89 Å². The van der Waals surface area contributed by atoms with Gasteiger partial charge >= 0.3 is 0 Å². The Kier molecular flexibility index (Phi) is 3.41. The van der Waals surface area contributed by atoms with Crippen LogP contribution in [0.1, 0.15) is 44.3 Å². The lowest BCUT2D eigenvalue weighted by molar-refractivity contribution is 0.334. The standard InChI is InChI=1S/C12H20N2O/c1-9(2)11-8-14-12(15-11)7-10-3-5-13-6-4-10/h8-10,13H,3-7H2,1-2H3. The fourth-order valence-corrected chi connectivity index (χ4v) is 2.02. The van der Waals surface area contributed by atoms with Crippen LogP contribution in [0.4, 0.5) is 0 Å². The number of hydrogen-bond acceptors (Lipinski definition) is 3. The number of oxazole rings is 1. The summed E-state index contributed by atoms with van der Waals surface area (Å²) in [6.07, 6.45) is 5.38. The van der Waals surface area contributed by atoms with Crippen LogP contribution in [0.5, 0.6) is 0 Å². The zero-order valence-corrected chi connectivity index (χ0v) is 9.62. The molecule has 1 saturated heterocycles. The SMILES string of the molecule is CC(C)c1cnc(CC2CCNCC2)o1. The predicted molar refractivity (Wildman–Crippen MR) is 59.9 cm³/mol. The number of aromatic nitrogens is 1. The van der Waals surface area contributed by atoms with Crippen LogP contribution in [0, 0.1) is 5.92 Å². The van der Waals surface area contributed by atoms with Gasteiger partial charge < -0.3 is 9.73 Å². The second-order valence-electron chi connectivity index (χ2n) is 4.71. The Morgan fingerprint density at radius 1 is 1.47 bits per heavy atom. The first kappa shape index (κ1) is 10.7. The summed E-state index contributed by atoms with van der Waals surface area (Å²) in [5.74, 6) is 3.13. The molecule has 1 fully saturated rings. The topological polar surface area (TPSA) is 38.1 Å². The number of nitrogens with one attached hydrogen (secondary N) is 1. The number of piperidine rings is 1. The monoisotopic (exact) mass is 208 g/mol. The van der Waals surface area contributed by atoms with Crippen LogP contribution in [-0.4, -0.2) is 18.1 Å². The molecule has 3 heteroatoms. The third kappa shape index (κ3) is 2.81. The molecule has 0 saturated carbocycles.